The number of rotatable bonds is 5. The Labute approximate surface area is 165 Å². The fourth-order valence-electron chi connectivity index (χ4n) is 4.01. The summed E-state index contributed by atoms with van der Waals surface area (Å²) in [6.45, 7) is 4.96. The molecule has 2 atom stereocenters. The van der Waals surface area contributed by atoms with Gasteiger partial charge in [-0.2, -0.15) is 5.10 Å². The molecule has 0 bridgehead atoms. The third-order valence-electron chi connectivity index (χ3n) is 5.80. The van der Waals surface area contributed by atoms with Gasteiger partial charge in [-0.1, -0.05) is 13.3 Å². The van der Waals surface area contributed by atoms with Gasteiger partial charge in [0.2, 0.25) is 0 Å². The number of hydrogen-bond acceptors (Lipinski definition) is 3. The van der Waals surface area contributed by atoms with E-state index in [2.05, 4.69) is 17.3 Å². The number of nitrogens with zero attached hydrogens (tertiary/aromatic N) is 3. The number of hydrogen-bond donors (Lipinski definition) is 1. The van der Waals surface area contributed by atoms with Crippen LogP contribution in [0.2, 0.25) is 0 Å². The maximum atomic E-state index is 12.6. The van der Waals surface area contributed by atoms with Crippen molar-refractivity contribution in [1.82, 2.24) is 14.3 Å². The molecule has 3 aromatic rings. The van der Waals surface area contributed by atoms with Gasteiger partial charge in [0, 0.05) is 30.0 Å². The molecular formula is C22H28N4O2. The van der Waals surface area contributed by atoms with Crippen LogP contribution in [0.15, 0.2) is 36.7 Å². The topological polar surface area (TPSA) is 61.1 Å². The molecule has 0 saturated carbocycles. The maximum Gasteiger partial charge on any atom is 0.257 e. The predicted octanol–water partition coefficient (Wildman–Crippen LogP) is 4.66. The van der Waals surface area contributed by atoms with E-state index in [1.807, 2.05) is 59.9 Å². The van der Waals surface area contributed by atoms with E-state index in [1.54, 1.807) is 0 Å². The Morgan fingerprint density at radius 1 is 1.32 bits per heavy atom. The Bertz CT molecular complexity index is 980. The van der Waals surface area contributed by atoms with Crippen molar-refractivity contribution in [1.29, 1.82) is 0 Å². The zero-order valence-corrected chi connectivity index (χ0v) is 16.8. The Balaban J connectivity index is 1.53. The van der Waals surface area contributed by atoms with Gasteiger partial charge < -0.3 is 14.6 Å². The number of benzene rings is 1. The lowest BCUT2D eigenvalue weighted by Crippen LogP contribution is -2.25. The fourth-order valence-corrected chi connectivity index (χ4v) is 4.01. The molecule has 2 aromatic heterocycles. The van der Waals surface area contributed by atoms with Crippen LogP contribution in [0.4, 0.5) is 5.69 Å². The highest BCUT2D eigenvalue weighted by molar-refractivity contribution is 6.05. The third kappa shape index (κ3) is 3.56. The van der Waals surface area contributed by atoms with E-state index < -0.39 is 0 Å². The number of carbonyl (C=O) groups excluding carboxylic acids is 1. The first-order valence-corrected chi connectivity index (χ1v) is 10.1. The van der Waals surface area contributed by atoms with Crippen LogP contribution in [0.25, 0.3) is 10.9 Å². The molecule has 0 spiro atoms. The number of nitrogens with one attached hydrogen (secondary N) is 1. The van der Waals surface area contributed by atoms with E-state index in [0.717, 1.165) is 35.3 Å². The molecule has 1 saturated heterocycles. The second-order valence-corrected chi connectivity index (χ2v) is 7.76. The number of carbonyl (C=O) groups is 1. The van der Waals surface area contributed by atoms with Crippen molar-refractivity contribution < 1.29 is 9.53 Å². The summed E-state index contributed by atoms with van der Waals surface area (Å²) >= 11 is 0. The number of aryl methyl sites for hydroxylation is 1. The van der Waals surface area contributed by atoms with Crippen molar-refractivity contribution in [3.05, 3.63) is 47.9 Å². The number of amides is 1. The number of aromatic nitrogens is 3. The minimum absolute atomic E-state index is 0.0343. The predicted molar refractivity (Wildman–Crippen MR) is 110 cm³/mol. The van der Waals surface area contributed by atoms with Crippen molar-refractivity contribution in [2.75, 3.05) is 11.9 Å². The summed E-state index contributed by atoms with van der Waals surface area (Å²) in [5, 5.41) is 8.62. The highest BCUT2D eigenvalue weighted by Gasteiger charge is 2.24. The van der Waals surface area contributed by atoms with Crippen LogP contribution in [0.3, 0.4) is 0 Å². The van der Waals surface area contributed by atoms with Crippen LogP contribution in [-0.4, -0.2) is 26.9 Å². The molecule has 28 heavy (non-hydrogen) atoms. The number of anilines is 1. The molecular weight excluding hydrogens is 352 g/mol. The standard InChI is InChI=1S/C22H28N4O2/c1-4-5-16-6-9-21(28-14-16)26-20-12-18(8-7-17(20)13-23-26)24-22(27)19-10-11-25(3)15(19)2/h7-8,10-13,16,21H,4-6,9,14H2,1-3H3,(H,24,27). The SMILES string of the molecule is CCCC1CCC(n2ncc3ccc(NC(=O)c4ccn(C)c4C)cc32)OC1. The van der Waals surface area contributed by atoms with Gasteiger partial charge in [0.25, 0.3) is 5.91 Å². The van der Waals surface area contributed by atoms with Gasteiger partial charge in [-0.3, -0.25) is 4.79 Å². The summed E-state index contributed by atoms with van der Waals surface area (Å²) in [5.74, 6) is 0.562. The van der Waals surface area contributed by atoms with Crippen LogP contribution in [0, 0.1) is 12.8 Å². The normalized spacial score (nSPS) is 19.8. The Morgan fingerprint density at radius 2 is 2.18 bits per heavy atom. The molecule has 2 unspecified atom stereocenters. The zero-order valence-electron chi connectivity index (χ0n) is 16.8. The molecule has 0 aliphatic carbocycles. The first kappa shape index (κ1) is 18.7. The second-order valence-electron chi connectivity index (χ2n) is 7.76. The van der Waals surface area contributed by atoms with Crippen LogP contribution in [-0.2, 0) is 11.8 Å². The van der Waals surface area contributed by atoms with Crippen LogP contribution < -0.4 is 5.32 Å². The monoisotopic (exact) mass is 380 g/mol. The first-order chi connectivity index (χ1) is 13.6. The lowest BCUT2D eigenvalue weighted by atomic mass is 9.96. The molecule has 6 nitrogen and oxygen atoms in total. The molecule has 4 rings (SSSR count). The quantitative estimate of drug-likeness (QED) is 0.700. The first-order valence-electron chi connectivity index (χ1n) is 10.1. The largest absolute Gasteiger partial charge is 0.356 e. The van der Waals surface area contributed by atoms with Gasteiger partial charge >= 0.3 is 0 Å². The summed E-state index contributed by atoms with van der Waals surface area (Å²) in [7, 11) is 1.94. The zero-order chi connectivity index (χ0) is 19.7. The molecule has 1 aliphatic rings. The van der Waals surface area contributed by atoms with E-state index in [0.29, 0.717) is 11.5 Å². The maximum absolute atomic E-state index is 12.6. The van der Waals surface area contributed by atoms with Gasteiger partial charge in [-0.15, -0.1) is 0 Å². The molecule has 1 fully saturated rings. The Hall–Kier alpha value is -2.60. The second kappa shape index (κ2) is 7.80. The average Bonchev–Trinajstić information content (AvgIpc) is 3.26. The average molecular weight is 380 g/mol. The molecule has 148 valence electrons. The molecule has 1 aromatic carbocycles. The van der Waals surface area contributed by atoms with Crippen LogP contribution in [0.1, 0.15) is 54.9 Å². The number of fused-ring (bicyclic) bond motifs is 1. The lowest BCUT2D eigenvalue weighted by Gasteiger charge is -2.29. The number of ether oxygens (including phenoxy) is 1. The van der Waals surface area contributed by atoms with E-state index in [1.165, 1.54) is 19.3 Å². The van der Waals surface area contributed by atoms with Gasteiger partial charge in [-0.25, -0.2) is 4.68 Å². The molecule has 1 amide bonds. The van der Waals surface area contributed by atoms with Crippen molar-refractivity contribution in [3.63, 3.8) is 0 Å². The molecule has 1 N–H and O–H groups in total. The highest BCUT2D eigenvalue weighted by atomic mass is 16.5. The fraction of sp³-hybridized carbons (Fsp3) is 0.455. The smallest absolute Gasteiger partial charge is 0.257 e. The minimum atomic E-state index is -0.0974. The van der Waals surface area contributed by atoms with Crippen LogP contribution >= 0.6 is 0 Å². The lowest BCUT2D eigenvalue weighted by molar-refractivity contribution is -0.0642. The summed E-state index contributed by atoms with van der Waals surface area (Å²) in [5.41, 5.74) is 3.39. The van der Waals surface area contributed by atoms with Crippen molar-refractivity contribution >= 4 is 22.5 Å². The summed E-state index contributed by atoms with van der Waals surface area (Å²) in [6, 6.07) is 7.74. The van der Waals surface area contributed by atoms with E-state index in [9.17, 15) is 4.79 Å². The Morgan fingerprint density at radius 3 is 2.86 bits per heavy atom. The summed E-state index contributed by atoms with van der Waals surface area (Å²) in [4.78, 5) is 12.6. The van der Waals surface area contributed by atoms with Gasteiger partial charge in [0.15, 0.2) is 6.23 Å². The molecule has 6 heteroatoms. The van der Waals surface area contributed by atoms with Crippen molar-refractivity contribution in [2.24, 2.45) is 13.0 Å². The Kier molecular flexibility index (Phi) is 5.22. The summed E-state index contributed by atoms with van der Waals surface area (Å²) < 4.78 is 10.0. The van der Waals surface area contributed by atoms with Crippen molar-refractivity contribution in [3.8, 4) is 0 Å². The minimum Gasteiger partial charge on any atom is -0.356 e. The molecule has 0 radical (unpaired) electrons. The van der Waals surface area contributed by atoms with Gasteiger partial charge in [0.05, 0.1) is 23.9 Å². The molecule has 3 heterocycles. The van der Waals surface area contributed by atoms with Crippen molar-refractivity contribution in [2.45, 2.75) is 45.8 Å². The van der Waals surface area contributed by atoms with E-state index >= 15 is 0 Å². The van der Waals surface area contributed by atoms with E-state index in [-0.39, 0.29) is 12.1 Å². The third-order valence-corrected chi connectivity index (χ3v) is 5.80. The van der Waals surface area contributed by atoms with E-state index in [4.69, 9.17) is 4.74 Å². The molecule has 1 aliphatic heterocycles. The van der Waals surface area contributed by atoms with Gasteiger partial charge in [0.1, 0.15) is 0 Å². The van der Waals surface area contributed by atoms with Crippen LogP contribution in [0.5, 0.6) is 0 Å². The van der Waals surface area contributed by atoms with Gasteiger partial charge in [-0.05, 0) is 56.4 Å². The summed E-state index contributed by atoms with van der Waals surface area (Å²) in [6.07, 6.45) is 8.30. The highest BCUT2D eigenvalue weighted by Crippen LogP contribution is 2.31.